The Morgan fingerprint density at radius 3 is 2.80 bits per heavy atom. The Bertz CT molecular complexity index is 402. The Labute approximate surface area is 89.9 Å². The monoisotopic (exact) mass is 201 g/mol. The van der Waals surface area contributed by atoms with Crippen LogP contribution in [0.5, 0.6) is 0 Å². The highest BCUT2D eigenvalue weighted by atomic mass is 14.9. The van der Waals surface area contributed by atoms with Crippen LogP contribution in [-0.2, 0) is 0 Å². The zero-order valence-electron chi connectivity index (χ0n) is 8.83. The molecule has 15 heavy (non-hydrogen) atoms. The Kier molecular flexibility index (Phi) is 2.51. The molecule has 1 aliphatic rings. The van der Waals surface area contributed by atoms with Gasteiger partial charge in [-0.25, -0.2) is 0 Å². The van der Waals surface area contributed by atoms with Crippen molar-refractivity contribution in [2.24, 2.45) is 5.92 Å². The van der Waals surface area contributed by atoms with Crippen molar-refractivity contribution in [3.05, 3.63) is 23.8 Å². The maximum absolute atomic E-state index is 8.74. The second kappa shape index (κ2) is 3.82. The van der Waals surface area contributed by atoms with E-state index in [1.165, 1.54) is 12.8 Å². The highest BCUT2D eigenvalue weighted by molar-refractivity contribution is 5.62. The molecule has 1 unspecified atom stereocenters. The fourth-order valence-corrected chi connectivity index (χ4v) is 1.73. The van der Waals surface area contributed by atoms with Crippen molar-refractivity contribution in [3.63, 3.8) is 0 Å². The summed E-state index contributed by atoms with van der Waals surface area (Å²) in [6.45, 7) is 2.19. The molecule has 0 amide bonds. The molecule has 1 fully saturated rings. The van der Waals surface area contributed by atoms with E-state index in [4.69, 9.17) is 11.0 Å². The van der Waals surface area contributed by atoms with E-state index in [1.54, 1.807) is 6.07 Å². The number of nitrogens with two attached hydrogens (primary N) is 1. The predicted molar refractivity (Wildman–Crippen MR) is 61.4 cm³/mol. The van der Waals surface area contributed by atoms with Gasteiger partial charge in [0.05, 0.1) is 11.3 Å². The maximum atomic E-state index is 8.74. The van der Waals surface area contributed by atoms with Gasteiger partial charge in [0.15, 0.2) is 0 Å². The first-order valence-corrected chi connectivity index (χ1v) is 5.27. The van der Waals surface area contributed by atoms with E-state index in [9.17, 15) is 0 Å². The normalized spacial score (nSPS) is 16.8. The number of benzene rings is 1. The third kappa shape index (κ3) is 2.21. The minimum atomic E-state index is 0.498. The molecule has 1 aromatic rings. The van der Waals surface area contributed by atoms with Crippen LogP contribution < -0.4 is 11.1 Å². The first-order valence-electron chi connectivity index (χ1n) is 5.27. The number of nitrogen functional groups attached to an aromatic ring is 1. The third-order valence-electron chi connectivity index (χ3n) is 2.90. The van der Waals surface area contributed by atoms with Crippen molar-refractivity contribution in [1.29, 1.82) is 5.26 Å². The number of rotatable bonds is 3. The summed E-state index contributed by atoms with van der Waals surface area (Å²) in [4.78, 5) is 0. The molecule has 1 aromatic carbocycles. The van der Waals surface area contributed by atoms with E-state index >= 15 is 0 Å². The lowest BCUT2D eigenvalue weighted by Gasteiger charge is -2.14. The quantitative estimate of drug-likeness (QED) is 0.738. The summed E-state index contributed by atoms with van der Waals surface area (Å²) in [7, 11) is 0. The van der Waals surface area contributed by atoms with Gasteiger partial charge in [-0.1, -0.05) is 0 Å². The molecule has 3 N–H and O–H groups in total. The van der Waals surface area contributed by atoms with Crippen molar-refractivity contribution < 1.29 is 0 Å². The molecule has 0 radical (unpaired) electrons. The van der Waals surface area contributed by atoms with Gasteiger partial charge < -0.3 is 11.1 Å². The second-order valence-electron chi connectivity index (χ2n) is 4.18. The minimum absolute atomic E-state index is 0.498. The van der Waals surface area contributed by atoms with Gasteiger partial charge in [0.25, 0.3) is 0 Å². The fraction of sp³-hybridized carbons (Fsp3) is 0.417. The van der Waals surface area contributed by atoms with Gasteiger partial charge in [0, 0.05) is 11.7 Å². The maximum Gasteiger partial charge on any atom is 0.101 e. The first-order chi connectivity index (χ1) is 7.20. The molecule has 0 spiro atoms. The van der Waals surface area contributed by atoms with Crippen LogP contribution in [0.15, 0.2) is 18.2 Å². The van der Waals surface area contributed by atoms with E-state index in [2.05, 4.69) is 18.3 Å². The lowest BCUT2D eigenvalue weighted by Crippen LogP contribution is -2.17. The summed E-state index contributed by atoms with van der Waals surface area (Å²) >= 11 is 0. The molecule has 0 saturated heterocycles. The van der Waals surface area contributed by atoms with Crippen LogP contribution >= 0.6 is 0 Å². The van der Waals surface area contributed by atoms with Crippen LogP contribution in [0.1, 0.15) is 25.3 Å². The molecule has 1 aliphatic carbocycles. The molecule has 0 heterocycles. The summed E-state index contributed by atoms with van der Waals surface area (Å²) in [5, 5.41) is 12.1. The smallest absolute Gasteiger partial charge is 0.101 e. The zero-order chi connectivity index (χ0) is 10.8. The Morgan fingerprint density at radius 1 is 1.53 bits per heavy atom. The van der Waals surface area contributed by atoms with Crippen LogP contribution in [0.25, 0.3) is 0 Å². The van der Waals surface area contributed by atoms with Gasteiger partial charge in [0.2, 0.25) is 0 Å². The number of hydrogen-bond donors (Lipinski definition) is 2. The molecule has 3 heteroatoms. The van der Waals surface area contributed by atoms with Crippen molar-refractivity contribution in [1.82, 2.24) is 0 Å². The zero-order valence-corrected chi connectivity index (χ0v) is 8.83. The highest BCUT2D eigenvalue weighted by Crippen LogP contribution is 2.34. The van der Waals surface area contributed by atoms with Gasteiger partial charge in [0.1, 0.15) is 6.07 Å². The fourth-order valence-electron chi connectivity index (χ4n) is 1.73. The SMILES string of the molecule is CC(Nc1ccc(C#N)c(N)c1)C1CC1. The van der Waals surface area contributed by atoms with E-state index in [-0.39, 0.29) is 0 Å². The number of nitrogens with one attached hydrogen (secondary N) is 1. The number of hydrogen-bond acceptors (Lipinski definition) is 3. The third-order valence-corrected chi connectivity index (χ3v) is 2.90. The first kappa shape index (κ1) is 9.85. The predicted octanol–water partition coefficient (Wildman–Crippen LogP) is 2.35. The summed E-state index contributed by atoms with van der Waals surface area (Å²) in [6.07, 6.45) is 2.64. The Balaban J connectivity index is 2.09. The van der Waals surface area contributed by atoms with Crippen LogP contribution in [0.3, 0.4) is 0 Å². The van der Waals surface area contributed by atoms with E-state index < -0.39 is 0 Å². The Hall–Kier alpha value is -1.69. The molecule has 0 aliphatic heterocycles. The standard InChI is InChI=1S/C12H15N3/c1-8(9-2-3-9)15-11-5-4-10(7-13)12(14)6-11/h4-6,8-9,15H,2-3,14H2,1H3. The van der Waals surface area contributed by atoms with Crippen LogP contribution in [0, 0.1) is 17.2 Å². The molecule has 78 valence electrons. The van der Waals surface area contributed by atoms with Crippen LogP contribution in [0.4, 0.5) is 11.4 Å². The van der Waals surface area contributed by atoms with E-state index in [0.717, 1.165) is 11.6 Å². The number of nitrogens with zero attached hydrogens (tertiary/aromatic N) is 1. The molecule has 2 rings (SSSR count). The van der Waals surface area contributed by atoms with Gasteiger partial charge in [-0.15, -0.1) is 0 Å². The van der Waals surface area contributed by atoms with Crippen molar-refractivity contribution >= 4 is 11.4 Å². The minimum Gasteiger partial charge on any atom is -0.398 e. The van der Waals surface area contributed by atoms with Crippen molar-refractivity contribution in [2.45, 2.75) is 25.8 Å². The highest BCUT2D eigenvalue weighted by Gasteiger charge is 2.27. The van der Waals surface area contributed by atoms with Crippen LogP contribution in [-0.4, -0.2) is 6.04 Å². The van der Waals surface area contributed by atoms with E-state index in [0.29, 0.717) is 17.3 Å². The molecule has 0 aromatic heterocycles. The molecular formula is C12H15N3. The lowest BCUT2D eigenvalue weighted by atomic mass is 10.1. The average Bonchev–Trinajstić information content (AvgIpc) is 3.01. The van der Waals surface area contributed by atoms with Crippen molar-refractivity contribution in [3.8, 4) is 6.07 Å². The summed E-state index contributed by atoms with van der Waals surface area (Å²) in [6, 6.07) is 8.06. The summed E-state index contributed by atoms with van der Waals surface area (Å²) in [5.41, 5.74) is 7.83. The molecule has 1 saturated carbocycles. The van der Waals surface area contributed by atoms with Gasteiger partial charge in [-0.3, -0.25) is 0 Å². The number of nitriles is 1. The summed E-state index contributed by atoms with van der Waals surface area (Å²) < 4.78 is 0. The molecule has 0 bridgehead atoms. The molecule has 3 nitrogen and oxygen atoms in total. The summed E-state index contributed by atoms with van der Waals surface area (Å²) in [5.74, 6) is 0.807. The Morgan fingerprint density at radius 2 is 2.27 bits per heavy atom. The average molecular weight is 201 g/mol. The van der Waals surface area contributed by atoms with E-state index in [1.807, 2.05) is 12.1 Å². The van der Waals surface area contributed by atoms with Gasteiger partial charge >= 0.3 is 0 Å². The topological polar surface area (TPSA) is 61.8 Å². The molecular weight excluding hydrogens is 186 g/mol. The van der Waals surface area contributed by atoms with Gasteiger partial charge in [-0.2, -0.15) is 5.26 Å². The lowest BCUT2D eigenvalue weighted by molar-refractivity contribution is 0.694. The van der Waals surface area contributed by atoms with Gasteiger partial charge in [-0.05, 0) is 43.9 Å². The number of anilines is 2. The molecule has 1 atom stereocenters. The largest absolute Gasteiger partial charge is 0.398 e. The second-order valence-corrected chi connectivity index (χ2v) is 4.18. The van der Waals surface area contributed by atoms with Crippen molar-refractivity contribution in [2.75, 3.05) is 11.1 Å². The van der Waals surface area contributed by atoms with Crippen LogP contribution in [0.2, 0.25) is 0 Å².